The third-order valence-electron chi connectivity index (χ3n) is 6.76. The highest BCUT2D eigenvalue weighted by molar-refractivity contribution is 6.09. The molecular weight excluding hydrogens is 520 g/mol. The number of nitrogens with one attached hydrogen (secondary N) is 2. The second kappa shape index (κ2) is 12.5. The molecule has 0 fully saturated rings. The van der Waals surface area contributed by atoms with Crippen LogP contribution < -0.4 is 25.7 Å². The molecule has 2 N–H and O–H groups in total. The molecule has 2 atom stereocenters. The number of hydrogen-bond acceptors (Lipinski definition) is 7. The van der Waals surface area contributed by atoms with Gasteiger partial charge in [-0.05, 0) is 75.9 Å². The number of fused-ring (bicyclic) bond motifs is 3. The first-order valence-electron chi connectivity index (χ1n) is 13.9. The zero-order valence-electron chi connectivity index (χ0n) is 24.9. The second-order valence-corrected chi connectivity index (χ2v) is 11.5. The maximum atomic E-state index is 13.5. The van der Waals surface area contributed by atoms with Crippen LogP contribution in [0.15, 0.2) is 59.5 Å². The second-order valence-electron chi connectivity index (χ2n) is 11.5. The Morgan fingerprint density at radius 2 is 1.73 bits per heavy atom. The summed E-state index contributed by atoms with van der Waals surface area (Å²) in [6, 6.07) is 15.4. The van der Waals surface area contributed by atoms with E-state index < -0.39 is 11.7 Å². The molecule has 2 heterocycles. The lowest BCUT2D eigenvalue weighted by Crippen LogP contribution is -2.38. The molecular formula is C32H40N4O5. The molecule has 2 aromatic carbocycles. The van der Waals surface area contributed by atoms with Crippen LogP contribution in [0.1, 0.15) is 46.6 Å². The van der Waals surface area contributed by atoms with Gasteiger partial charge in [-0.15, -0.1) is 0 Å². The minimum atomic E-state index is -0.536. The Hall–Kier alpha value is -4.27. The summed E-state index contributed by atoms with van der Waals surface area (Å²) >= 11 is 0. The van der Waals surface area contributed by atoms with E-state index in [0.717, 1.165) is 34.0 Å². The Labute approximate surface area is 240 Å². The first kappa shape index (κ1) is 29.7. The number of carbonyl (C=O) groups excluding carboxylic acids is 1. The SMILES string of the molecule is COc1ccc(CNc2nccc3c2c(=O)n(C)c2cc(OCC(C)CC(C)NC(=O)OC(C)(C)C)ccc32)cc1. The minimum absolute atomic E-state index is 0.0617. The van der Waals surface area contributed by atoms with Crippen molar-refractivity contribution >= 4 is 33.6 Å². The van der Waals surface area contributed by atoms with Crippen LogP contribution in [0.25, 0.3) is 21.7 Å². The molecule has 0 bridgehead atoms. The van der Waals surface area contributed by atoms with E-state index in [1.54, 1.807) is 24.9 Å². The van der Waals surface area contributed by atoms with E-state index in [4.69, 9.17) is 14.2 Å². The summed E-state index contributed by atoms with van der Waals surface area (Å²) in [5.41, 5.74) is 1.16. The first-order chi connectivity index (χ1) is 19.4. The predicted octanol–water partition coefficient (Wildman–Crippen LogP) is 6.03. The Balaban J connectivity index is 1.47. The summed E-state index contributed by atoms with van der Waals surface area (Å²) in [6.45, 7) is 10.5. The molecule has 2 unspecified atom stereocenters. The molecule has 41 heavy (non-hydrogen) atoms. The number of anilines is 1. The van der Waals surface area contributed by atoms with Crippen LogP contribution in [0.4, 0.5) is 10.6 Å². The number of aromatic nitrogens is 2. The fourth-order valence-corrected chi connectivity index (χ4v) is 4.83. The van der Waals surface area contributed by atoms with Crippen LogP contribution >= 0.6 is 0 Å². The van der Waals surface area contributed by atoms with Crippen molar-refractivity contribution in [1.29, 1.82) is 0 Å². The van der Waals surface area contributed by atoms with Gasteiger partial charge in [0.05, 0.1) is 24.6 Å². The van der Waals surface area contributed by atoms with E-state index in [9.17, 15) is 9.59 Å². The zero-order chi connectivity index (χ0) is 29.7. The molecule has 4 aromatic rings. The van der Waals surface area contributed by atoms with Gasteiger partial charge in [-0.1, -0.05) is 19.1 Å². The topological polar surface area (TPSA) is 104 Å². The summed E-state index contributed by atoms with van der Waals surface area (Å²) in [6.07, 6.45) is 2.03. The number of nitrogens with zero attached hydrogens (tertiary/aromatic N) is 2. The highest BCUT2D eigenvalue weighted by atomic mass is 16.6. The van der Waals surface area contributed by atoms with Crippen molar-refractivity contribution < 1.29 is 19.0 Å². The van der Waals surface area contributed by atoms with Crippen LogP contribution in [-0.4, -0.2) is 41.0 Å². The highest BCUT2D eigenvalue weighted by Gasteiger charge is 2.19. The molecule has 1 amide bonds. The van der Waals surface area contributed by atoms with Crippen LogP contribution in [0, 0.1) is 5.92 Å². The molecule has 0 radical (unpaired) electrons. The van der Waals surface area contributed by atoms with Gasteiger partial charge in [0.15, 0.2) is 0 Å². The van der Waals surface area contributed by atoms with E-state index >= 15 is 0 Å². The summed E-state index contributed by atoms with van der Waals surface area (Å²) in [5, 5.41) is 8.52. The molecule has 9 heteroatoms. The number of alkyl carbamates (subject to hydrolysis) is 1. The number of carbonyl (C=O) groups is 1. The fraction of sp³-hybridized carbons (Fsp3) is 0.406. The van der Waals surface area contributed by atoms with Crippen LogP contribution in [0.5, 0.6) is 11.5 Å². The number of benzene rings is 2. The molecule has 2 aromatic heterocycles. The van der Waals surface area contributed by atoms with Crippen molar-refractivity contribution in [2.75, 3.05) is 19.0 Å². The lowest BCUT2D eigenvalue weighted by atomic mass is 10.0. The van der Waals surface area contributed by atoms with Crippen molar-refractivity contribution in [3.8, 4) is 11.5 Å². The number of amides is 1. The average molecular weight is 561 g/mol. The lowest BCUT2D eigenvalue weighted by Gasteiger charge is -2.23. The number of pyridine rings is 2. The van der Waals surface area contributed by atoms with E-state index in [0.29, 0.717) is 30.1 Å². The number of hydrogen-bond donors (Lipinski definition) is 2. The van der Waals surface area contributed by atoms with Gasteiger partial charge < -0.3 is 29.4 Å². The maximum Gasteiger partial charge on any atom is 0.407 e. The third-order valence-corrected chi connectivity index (χ3v) is 6.76. The summed E-state index contributed by atoms with van der Waals surface area (Å²) < 4.78 is 18.3. The molecule has 0 saturated carbocycles. The quantitative estimate of drug-likeness (QED) is 0.228. The number of aryl methyl sites for hydroxylation is 1. The first-order valence-corrected chi connectivity index (χ1v) is 13.9. The molecule has 0 aliphatic carbocycles. The van der Waals surface area contributed by atoms with Crippen LogP contribution in [0.2, 0.25) is 0 Å². The molecule has 9 nitrogen and oxygen atoms in total. The van der Waals surface area contributed by atoms with Crippen molar-refractivity contribution in [3.63, 3.8) is 0 Å². The third kappa shape index (κ3) is 7.48. The molecule has 0 spiro atoms. The Morgan fingerprint density at radius 3 is 2.41 bits per heavy atom. The standard InChI is InChI=1S/C32H40N4O5/c1-20(16-21(2)35-31(38)41-32(3,4)5)19-40-24-12-13-25-26-14-15-33-29(28(26)30(37)36(6)27(25)17-24)34-18-22-8-10-23(39-7)11-9-22/h8-15,17,20-21H,16,18-19H2,1-7H3,(H,33,34)(H,35,38). The maximum absolute atomic E-state index is 13.5. The fourth-order valence-electron chi connectivity index (χ4n) is 4.83. The zero-order valence-corrected chi connectivity index (χ0v) is 24.9. The normalized spacial score (nSPS) is 13.0. The van der Waals surface area contributed by atoms with Gasteiger partial charge >= 0.3 is 6.09 Å². The molecule has 4 rings (SSSR count). The summed E-state index contributed by atoms with van der Waals surface area (Å²) in [4.78, 5) is 30.0. The number of rotatable bonds is 10. The van der Waals surface area contributed by atoms with Gasteiger partial charge in [-0.3, -0.25) is 4.79 Å². The van der Waals surface area contributed by atoms with E-state index in [-0.39, 0.29) is 17.5 Å². The predicted molar refractivity (Wildman–Crippen MR) is 163 cm³/mol. The van der Waals surface area contributed by atoms with Crippen molar-refractivity contribution in [2.45, 2.75) is 59.2 Å². The van der Waals surface area contributed by atoms with Gasteiger partial charge in [-0.2, -0.15) is 0 Å². The minimum Gasteiger partial charge on any atom is -0.497 e. The van der Waals surface area contributed by atoms with Crippen LogP contribution in [-0.2, 0) is 18.3 Å². The van der Waals surface area contributed by atoms with Crippen LogP contribution in [0.3, 0.4) is 0 Å². The Bertz CT molecular complexity index is 1570. The van der Waals surface area contributed by atoms with Crippen molar-refractivity contribution in [1.82, 2.24) is 14.9 Å². The van der Waals surface area contributed by atoms with Gasteiger partial charge in [0.25, 0.3) is 5.56 Å². The summed E-state index contributed by atoms with van der Waals surface area (Å²) in [7, 11) is 3.40. The average Bonchev–Trinajstić information content (AvgIpc) is 2.92. The van der Waals surface area contributed by atoms with Crippen molar-refractivity contribution in [3.05, 3.63) is 70.6 Å². The summed E-state index contributed by atoms with van der Waals surface area (Å²) in [5.74, 6) is 2.20. The smallest absolute Gasteiger partial charge is 0.407 e. The van der Waals surface area contributed by atoms with E-state index in [1.165, 1.54) is 0 Å². The Kier molecular flexibility index (Phi) is 9.05. The lowest BCUT2D eigenvalue weighted by molar-refractivity contribution is 0.0500. The van der Waals surface area contributed by atoms with E-state index in [1.807, 2.05) is 76.2 Å². The number of ether oxygens (including phenoxy) is 3. The largest absolute Gasteiger partial charge is 0.497 e. The van der Waals surface area contributed by atoms with Crippen molar-refractivity contribution in [2.24, 2.45) is 13.0 Å². The van der Waals surface area contributed by atoms with Gasteiger partial charge in [0, 0.05) is 42.7 Å². The Morgan fingerprint density at radius 1 is 1.02 bits per heavy atom. The van der Waals surface area contributed by atoms with E-state index in [2.05, 4.69) is 22.5 Å². The molecule has 0 aliphatic heterocycles. The highest BCUT2D eigenvalue weighted by Crippen LogP contribution is 2.29. The molecule has 0 aliphatic rings. The monoisotopic (exact) mass is 560 g/mol. The van der Waals surface area contributed by atoms with Gasteiger partial charge in [0.2, 0.25) is 0 Å². The molecule has 218 valence electrons. The van der Waals surface area contributed by atoms with Gasteiger partial charge in [-0.25, -0.2) is 9.78 Å². The van der Waals surface area contributed by atoms with Gasteiger partial charge in [0.1, 0.15) is 22.9 Å². The number of methoxy groups -OCH3 is 1. The molecule has 0 saturated heterocycles.